The summed E-state index contributed by atoms with van der Waals surface area (Å²) in [5.74, 6) is 5.17. The Morgan fingerprint density at radius 1 is 1.54 bits per heavy atom. The summed E-state index contributed by atoms with van der Waals surface area (Å²) in [6.07, 6.45) is 2.19. The van der Waals surface area contributed by atoms with E-state index in [1.54, 1.807) is 0 Å². The smallest absolute Gasteiger partial charge is 0.235 e. The summed E-state index contributed by atoms with van der Waals surface area (Å²) >= 11 is 0. The van der Waals surface area contributed by atoms with E-state index in [2.05, 4.69) is 5.43 Å². The minimum absolute atomic E-state index is 0.0903. The molecule has 0 spiro atoms. The van der Waals surface area contributed by atoms with Gasteiger partial charge in [0.25, 0.3) is 0 Å². The van der Waals surface area contributed by atoms with Gasteiger partial charge in [-0.15, -0.1) is 0 Å². The molecular formula is C8H17N3O2. The summed E-state index contributed by atoms with van der Waals surface area (Å²) in [4.78, 5) is 10.9. The predicted octanol–water partition coefficient (Wildman–Crippen LogP) is -0.880. The van der Waals surface area contributed by atoms with E-state index in [-0.39, 0.29) is 11.9 Å². The van der Waals surface area contributed by atoms with Crippen LogP contribution in [-0.2, 0) is 9.53 Å². The number of nitrogens with two attached hydrogens (primary N) is 2. The van der Waals surface area contributed by atoms with Gasteiger partial charge in [0.15, 0.2) is 0 Å². The first-order valence-electron chi connectivity index (χ1n) is 4.57. The summed E-state index contributed by atoms with van der Waals surface area (Å²) < 4.78 is 5.20. The third-order valence-electron chi connectivity index (χ3n) is 2.45. The summed E-state index contributed by atoms with van der Waals surface area (Å²) in [6, 6.07) is -0.0903. The molecule has 1 unspecified atom stereocenters. The summed E-state index contributed by atoms with van der Waals surface area (Å²) in [5, 5.41) is 0. The predicted molar refractivity (Wildman–Crippen MR) is 48.5 cm³/mol. The second-order valence-electron chi connectivity index (χ2n) is 3.39. The van der Waals surface area contributed by atoms with Crippen LogP contribution < -0.4 is 17.0 Å². The van der Waals surface area contributed by atoms with Crippen LogP contribution in [0.5, 0.6) is 0 Å². The Kier molecular flexibility index (Phi) is 4.14. The molecule has 0 saturated carbocycles. The molecule has 5 heteroatoms. The fourth-order valence-corrected chi connectivity index (χ4v) is 1.58. The lowest BCUT2D eigenvalue weighted by atomic mass is 9.90. The Bertz CT molecular complexity index is 169. The van der Waals surface area contributed by atoms with Crippen LogP contribution in [0, 0.1) is 5.92 Å². The number of nitrogens with one attached hydrogen (secondary N) is 1. The van der Waals surface area contributed by atoms with Crippen molar-refractivity contribution in [3.05, 3.63) is 0 Å². The van der Waals surface area contributed by atoms with E-state index in [9.17, 15) is 4.79 Å². The second-order valence-corrected chi connectivity index (χ2v) is 3.39. The lowest BCUT2D eigenvalue weighted by molar-refractivity contribution is -0.121. The third-order valence-corrected chi connectivity index (χ3v) is 2.45. The van der Waals surface area contributed by atoms with Crippen molar-refractivity contribution in [3.8, 4) is 0 Å². The van der Waals surface area contributed by atoms with Gasteiger partial charge in [-0.2, -0.15) is 0 Å². The van der Waals surface area contributed by atoms with E-state index in [0.29, 0.717) is 12.3 Å². The van der Waals surface area contributed by atoms with Gasteiger partial charge in [0, 0.05) is 25.7 Å². The molecule has 0 radical (unpaired) electrons. The lowest BCUT2D eigenvalue weighted by Gasteiger charge is -2.26. The Labute approximate surface area is 77.8 Å². The number of carbonyl (C=O) groups excluding carboxylic acids is 1. The number of hydrogen-bond donors (Lipinski definition) is 3. The van der Waals surface area contributed by atoms with Crippen LogP contribution in [0.4, 0.5) is 0 Å². The molecular weight excluding hydrogens is 170 g/mol. The number of ether oxygens (including phenoxy) is 1. The van der Waals surface area contributed by atoms with E-state index < -0.39 is 0 Å². The zero-order valence-electron chi connectivity index (χ0n) is 7.66. The van der Waals surface area contributed by atoms with Crippen molar-refractivity contribution in [3.63, 3.8) is 0 Å². The fourth-order valence-electron chi connectivity index (χ4n) is 1.58. The van der Waals surface area contributed by atoms with Crippen molar-refractivity contribution in [2.45, 2.75) is 25.3 Å². The molecule has 5 nitrogen and oxygen atoms in total. The van der Waals surface area contributed by atoms with Gasteiger partial charge in [0.2, 0.25) is 5.91 Å². The summed E-state index contributed by atoms with van der Waals surface area (Å²) in [5.41, 5.74) is 7.94. The standard InChI is InChI=1S/C8H17N3O2/c9-7(5-8(12)11-10)6-1-3-13-4-2-6/h6-7H,1-5,9-10H2,(H,11,12). The minimum Gasteiger partial charge on any atom is -0.381 e. The first-order chi connectivity index (χ1) is 6.24. The Balaban J connectivity index is 2.28. The highest BCUT2D eigenvalue weighted by molar-refractivity contribution is 5.75. The van der Waals surface area contributed by atoms with Crippen LogP contribution in [0.25, 0.3) is 0 Å². The molecule has 0 aromatic rings. The molecule has 1 saturated heterocycles. The number of amides is 1. The van der Waals surface area contributed by atoms with Gasteiger partial charge in [-0.3, -0.25) is 10.2 Å². The molecule has 1 amide bonds. The van der Waals surface area contributed by atoms with Gasteiger partial charge in [0.05, 0.1) is 0 Å². The first kappa shape index (κ1) is 10.4. The Morgan fingerprint density at radius 3 is 2.69 bits per heavy atom. The van der Waals surface area contributed by atoms with Crippen molar-refractivity contribution < 1.29 is 9.53 Å². The first-order valence-corrected chi connectivity index (χ1v) is 4.57. The maximum absolute atomic E-state index is 10.9. The average Bonchev–Trinajstić information content (AvgIpc) is 2.19. The molecule has 0 aromatic heterocycles. The molecule has 1 aliphatic heterocycles. The molecule has 1 fully saturated rings. The molecule has 0 aromatic carbocycles. The largest absolute Gasteiger partial charge is 0.381 e. The quantitative estimate of drug-likeness (QED) is 0.304. The van der Waals surface area contributed by atoms with E-state index >= 15 is 0 Å². The van der Waals surface area contributed by atoms with E-state index in [1.165, 1.54) is 0 Å². The SMILES string of the molecule is NNC(=O)CC(N)C1CCOCC1. The topological polar surface area (TPSA) is 90.4 Å². The monoisotopic (exact) mass is 187 g/mol. The molecule has 13 heavy (non-hydrogen) atoms. The maximum atomic E-state index is 10.9. The highest BCUT2D eigenvalue weighted by Gasteiger charge is 2.22. The lowest BCUT2D eigenvalue weighted by Crippen LogP contribution is -2.40. The van der Waals surface area contributed by atoms with Crippen LogP contribution in [0.15, 0.2) is 0 Å². The zero-order chi connectivity index (χ0) is 9.68. The van der Waals surface area contributed by atoms with Crippen LogP contribution in [0.2, 0.25) is 0 Å². The Hall–Kier alpha value is -0.650. The van der Waals surface area contributed by atoms with Gasteiger partial charge >= 0.3 is 0 Å². The molecule has 0 aliphatic carbocycles. The van der Waals surface area contributed by atoms with Crippen LogP contribution in [-0.4, -0.2) is 25.2 Å². The molecule has 1 aliphatic rings. The van der Waals surface area contributed by atoms with Crippen LogP contribution >= 0.6 is 0 Å². The number of carbonyl (C=O) groups is 1. The third kappa shape index (κ3) is 3.30. The van der Waals surface area contributed by atoms with E-state index in [0.717, 1.165) is 26.1 Å². The highest BCUT2D eigenvalue weighted by atomic mass is 16.5. The molecule has 1 rings (SSSR count). The summed E-state index contributed by atoms with van der Waals surface area (Å²) in [6.45, 7) is 1.51. The number of hydrogen-bond acceptors (Lipinski definition) is 4. The zero-order valence-corrected chi connectivity index (χ0v) is 7.66. The van der Waals surface area contributed by atoms with Crippen LogP contribution in [0.1, 0.15) is 19.3 Å². The van der Waals surface area contributed by atoms with Crippen molar-refractivity contribution in [2.24, 2.45) is 17.5 Å². The van der Waals surface area contributed by atoms with Gasteiger partial charge in [-0.1, -0.05) is 0 Å². The van der Waals surface area contributed by atoms with Gasteiger partial charge in [-0.05, 0) is 18.8 Å². The molecule has 0 bridgehead atoms. The van der Waals surface area contributed by atoms with Gasteiger partial charge in [0.1, 0.15) is 0 Å². The van der Waals surface area contributed by atoms with Gasteiger partial charge < -0.3 is 10.5 Å². The Morgan fingerprint density at radius 2 is 2.15 bits per heavy atom. The highest BCUT2D eigenvalue weighted by Crippen LogP contribution is 2.18. The minimum atomic E-state index is -0.195. The van der Waals surface area contributed by atoms with Crippen molar-refractivity contribution in [2.75, 3.05) is 13.2 Å². The van der Waals surface area contributed by atoms with E-state index in [1.807, 2.05) is 0 Å². The summed E-state index contributed by atoms with van der Waals surface area (Å²) in [7, 11) is 0. The molecule has 76 valence electrons. The number of hydrazine groups is 1. The maximum Gasteiger partial charge on any atom is 0.235 e. The van der Waals surface area contributed by atoms with Crippen molar-refractivity contribution in [1.29, 1.82) is 0 Å². The van der Waals surface area contributed by atoms with Crippen LogP contribution in [0.3, 0.4) is 0 Å². The second kappa shape index (κ2) is 5.16. The fraction of sp³-hybridized carbons (Fsp3) is 0.875. The normalized spacial score (nSPS) is 21.1. The molecule has 5 N–H and O–H groups in total. The van der Waals surface area contributed by atoms with Gasteiger partial charge in [-0.25, -0.2) is 5.84 Å². The average molecular weight is 187 g/mol. The van der Waals surface area contributed by atoms with Crippen molar-refractivity contribution in [1.82, 2.24) is 5.43 Å². The molecule has 1 heterocycles. The van der Waals surface area contributed by atoms with Crippen molar-refractivity contribution >= 4 is 5.91 Å². The number of rotatable bonds is 3. The molecule has 1 atom stereocenters. The van der Waals surface area contributed by atoms with E-state index in [4.69, 9.17) is 16.3 Å².